The summed E-state index contributed by atoms with van der Waals surface area (Å²) in [5.74, 6) is 1.64. The van der Waals surface area contributed by atoms with E-state index in [4.69, 9.17) is 5.73 Å². The predicted octanol–water partition coefficient (Wildman–Crippen LogP) is 3.21. The smallest absolute Gasteiger partial charge is 0.238 e. The SMILES string of the molecule is CBr.CC.CF.NCC(=O)Nc1ccccc1. The molecule has 5 heteroatoms. The van der Waals surface area contributed by atoms with Gasteiger partial charge in [0.2, 0.25) is 5.91 Å². The maximum atomic E-state index is 10.7. The first-order valence-corrected chi connectivity index (χ1v) is 6.72. The van der Waals surface area contributed by atoms with E-state index in [1.165, 1.54) is 0 Å². The molecule has 0 saturated heterocycles. The number of alkyl halides is 2. The van der Waals surface area contributed by atoms with Gasteiger partial charge in [-0.1, -0.05) is 48.0 Å². The van der Waals surface area contributed by atoms with Crippen molar-refractivity contribution in [2.45, 2.75) is 13.8 Å². The Bertz CT molecular complexity index is 246. The minimum Gasteiger partial charge on any atom is -0.325 e. The normalized spacial score (nSPS) is 7.00. The van der Waals surface area contributed by atoms with Crippen LogP contribution in [0.5, 0.6) is 0 Å². The first-order chi connectivity index (χ1) is 8.33. The van der Waals surface area contributed by atoms with Gasteiger partial charge in [0, 0.05) is 5.69 Å². The molecule has 17 heavy (non-hydrogen) atoms. The summed E-state index contributed by atoms with van der Waals surface area (Å²) >= 11 is 2.94. The highest BCUT2D eigenvalue weighted by Crippen LogP contribution is 2.03. The first-order valence-electron chi connectivity index (χ1n) is 5.13. The molecule has 0 saturated carbocycles. The van der Waals surface area contributed by atoms with Crippen LogP contribution in [0.25, 0.3) is 0 Å². The number of hydrogen-bond acceptors (Lipinski definition) is 2. The van der Waals surface area contributed by atoms with E-state index in [2.05, 4.69) is 21.2 Å². The lowest BCUT2D eigenvalue weighted by atomic mass is 10.3. The number of carbonyl (C=O) groups is 1. The van der Waals surface area contributed by atoms with E-state index in [1.807, 2.05) is 50.0 Å². The molecule has 0 aromatic heterocycles. The molecule has 0 radical (unpaired) electrons. The van der Waals surface area contributed by atoms with Gasteiger partial charge in [0.15, 0.2) is 0 Å². The summed E-state index contributed by atoms with van der Waals surface area (Å²) in [5.41, 5.74) is 5.89. The molecular formula is C12H22BrFN2O. The third-order valence-corrected chi connectivity index (χ3v) is 1.24. The third-order valence-electron chi connectivity index (χ3n) is 1.24. The molecule has 1 amide bonds. The van der Waals surface area contributed by atoms with Gasteiger partial charge >= 0.3 is 0 Å². The van der Waals surface area contributed by atoms with Crippen LogP contribution < -0.4 is 11.1 Å². The van der Waals surface area contributed by atoms with Crippen LogP contribution in [0.15, 0.2) is 30.3 Å². The van der Waals surface area contributed by atoms with Crippen LogP contribution in [0, 0.1) is 0 Å². The van der Waals surface area contributed by atoms with E-state index in [1.54, 1.807) is 0 Å². The van der Waals surface area contributed by atoms with E-state index in [-0.39, 0.29) is 12.5 Å². The molecule has 3 N–H and O–H groups in total. The van der Waals surface area contributed by atoms with Crippen molar-refractivity contribution in [2.24, 2.45) is 5.73 Å². The zero-order valence-electron chi connectivity index (χ0n) is 10.8. The Morgan fingerprint density at radius 2 is 1.65 bits per heavy atom. The van der Waals surface area contributed by atoms with Crippen molar-refractivity contribution in [1.82, 2.24) is 0 Å². The summed E-state index contributed by atoms with van der Waals surface area (Å²) in [6.45, 7) is 4.02. The summed E-state index contributed by atoms with van der Waals surface area (Å²) in [4.78, 5) is 10.7. The maximum Gasteiger partial charge on any atom is 0.238 e. The summed E-state index contributed by atoms with van der Waals surface area (Å²) in [5, 5.41) is 2.63. The van der Waals surface area contributed by atoms with Crippen LogP contribution >= 0.6 is 15.9 Å². The highest BCUT2D eigenvalue weighted by Gasteiger charge is 1.95. The van der Waals surface area contributed by atoms with E-state index in [9.17, 15) is 9.18 Å². The van der Waals surface area contributed by atoms with Crippen molar-refractivity contribution >= 4 is 27.5 Å². The monoisotopic (exact) mass is 308 g/mol. The fraction of sp³-hybridized carbons (Fsp3) is 0.417. The maximum absolute atomic E-state index is 10.7. The third kappa shape index (κ3) is 15.1. The Kier molecular flexibility index (Phi) is 25.7. The van der Waals surface area contributed by atoms with Gasteiger partial charge in [-0.2, -0.15) is 0 Å². The van der Waals surface area contributed by atoms with E-state index >= 15 is 0 Å². The Morgan fingerprint density at radius 3 is 2.00 bits per heavy atom. The van der Waals surface area contributed by atoms with Crippen molar-refractivity contribution < 1.29 is 9.18 Å². The predicted molar refractivity (Wildman–Crippen MR) is 77.4 cm³/mol. The molecule has 0 aliphatic rings. The molecule has 0 heterocycles. The molecular weight excluding hydrogens is 287 g/mol. The minimum absolute atomic E-state index is 0.0227. The molecule has 1 aromatic rings. The fourth-order valence-electron chi connectivity index (χ4n) is 0.734. The number of rotatable bonds is 2. The van der Waals surface area contributed by atoms with Gasteiger partial charge in [-0.3, -0.25) is 9.18 Å². The summed E-state index contributed by atoms with van der Waals surface area (Å²) in [7, 11) is 0.500. The van der Waals surface area contributed by atoms with Gasteiger partial charge in [-0.05, 0) is 18.0 Å². The van der Waals surface area contributed by atoms with Crippen LogP contribution in [0.4, 0.5) is 10.1 Å². The lowest BCUT2D eigenvalue weighted by Crippen LogP contribution is -2.21. The number of nitrogens with two attached hydrogens (primary N) is 1. The number of halogens is 2. The average molecular weight is 309 g/mol. The molecule has 1 aromatic carbocycles. The van der Waals surface area contributed by atoms with Gasteiger partial charge in [-0.15, -0.1) is 0 Å². The van der Waals surface area contributed by atoms with Gasteiger partial charge in [0.1, 0.15) is 0 Å². The molecule has 1 rings (SSSR count). The van der Waals surface area contributed by atoms with Gasteiger partial charge < -0.3 is 11.1 Å². The van der Waals surface area contributed by atoms with Crippen LogP contribution in [0.1, 0.15) is 13.8 Å². The minimum atomic E-state index is -0.170. The zero-order chi connectivity index (χ0) is 14.1. The summed E-state index contributed by atoms with van der Waals surface area (Å²) in [6, 6.07) is 9.22. The van der Waals surface area contributed by atoms with Crippen molar-refractivity contribution in [1.29, 1.82) is 0 Å². The van der Waals surface area contributed by atoms with Crippen molar-refractivity contribution in [3.05, 3.63) is 30.3 Å². The standard InChI is InChI=1S/C8H10N2O.C2H6.CH3Br.CH3F/c9-6-8(11)10-7-4-2-1-3-5-7;3*1-2/h1-5H,6,9H2,(H,10,11);1-2H3;2*1H3. The lowest BCUT2D eigenvalue weighted by molar-refractivity contribution is -0.114. The zero-order valence-corrected chi connectivity index (χ0v) is 12.4. The van der Waals surface area contributed by atoms with Gasteiger partial charge in [0.05, 0.1) is 13.7 Å². The van der Waals surface area contributed by atoms with Crippen LogP contribution in [-0.4, -0.2) is 25.5 Å². The number of amides is 1. The molecule has 0 spiro atoms. The molecule has 3 nitrogen and oxygen atoms in total. The number of carbonyl (C=O) groups excluding carboxylic acids is 1. The Hall–Kier alpha value is -0.940. The molecule has 100 valence electrons. The second-order valence-electron chi connectivity index (χ2n) is 2.12. The Morgan fingerprint density at radius 1 is 1.24 bits per heavy atom. The lowest BCUT2D eigenvalue weighted by Gasteiger charge is -2.00. The quantitative estimate of drug-likeness (QED) is 0.824. The molecule has 0 fully saturated rings. The Labute approximate surface area is 112 Å². The molecule has 0 aliphatic heterocycles. The summed E-state index contributed by atoms with van der Waals surface area (Å²) < 4.78 is 9.50. The Balaban J connectivity index is -0.000000285. The second-order valence-corrected chi connectivity index (χ2v) is 2.12. The largest absolute Gasteiger partial charge is 0.325 e. The van der Waals surface area contributed by atoms with Crippen LogP contribution in [0.3, 0.4) is 0 Å². The number of para-hydroxylation sites is 1. The van der Waals surface area contributed by atoms with Crippen molar-refractivity contribution in [3.8, 4) is 0 Å². The topological polar surface area (TPSA) is 55.1 Å². The van der Waals surface area contributed by atoms with Crippen LogP contribution in [0.2, 0.25) is 0 Å². The number of hydrogen-bond donors (Lipinski definition) is 2. The molecule has 0 atom stereocenters. The number of benzene rings is 1. The first kappa shape index (κ1) is 21.4. The van der Waals surface area contributed by atoms with Crippen LogP contribution in [-0.2, 0) is 4.79 Å². The van der Waals surface area contributed by atoms with Crippen molar-refractivity contribution in [2.75, 3.05) is 24.9 Å². The fourth-order valence-corrected chi connectivity index (χ4v) is 0.734. The average Bonchev–Trinajstić information content (AvgIpc) is 2.46. The van der Waals surface area contributed by atoms with E-state index < -0.39 is 0 Å². The highest BCUT2D eigenvalue weighted by atomic mass is 79.9. The number of anilines is 1. The second kappa shape index (κ2) is 20.5. The highest BCUT2D eigenvalue weighted by molar-refractivity contribution is 9.08. The molecule has 0 aliphatic carbocycles. The number of nitrogens with one attached hydrogen (secondary N) is 1. The van der Waals surface area contributed by atoms with Gasteiger partial charge in [0.25, 0.3) is 0 Å². The van der Waals surface area contributed by atoms with Gasteiger partial charge in [-0.25, -0.2) is 0 Å². The molecule has 0 unspecified atom stereocenters. The summed E-state index contributed by atoms with van der Waals surface area (Å²) in [6.07, 6.45) is 0. The van der Waals surface area contributed by atoms with E-state index in [0.29, 0.717) is 7.18 Å². The van der Waals surface area contributed by atoms with E-state index in [0.717, 1.165) is 5.69 Å². The molecule has 0 bridgehead atoms. The van der Waals surface area contributed by atoms with Crippen molar-refractivity contribution in [3.63, 3.8) is 0 Å².